The second-order valence-electron chi connectivity index (χ2n) is 8.65. The summed E-state index contributed by atoms with van der Waals surface area (Å²) >= 11 is 0. The molecule has 0 aliphatic heterocycles. The lowest BCUT2D eigenvalue weighted by Crippen LogP contribution is -2.40. The lowest BCUT2D eigenvalue weighted by Gasteiger charge is -2.46. The van der Waals surface area contributed by atoms with Gasteiger partial charge in [-0.25, -0.2) is 0 Å². The number of fused-ring (bicyclic) bond motifs is 1. The molecule has 0 radical (unpaired) electrons. The van der Waals surface area contributed by atoms with Crippen LogP contribution >= 0.6 is 0 Å². The summed E-state index contributed by atoms with van der Waals surface area (Å²) in [4.78, 5) is 0. The van der Waals surface area contributed by atoms with Crippen molar-refractivity contribution in [3.8, 4) is 0 Å². The van der Waals surface area contributed by atoms with Gasteiger partial charge in [0.05, 0.1) is 6.10 Å². The Morgan fingerprint density at radius 2 is 1.33 bits per heavy atom. The van der Waals surface area contributed by atoms with Crippen molar-refractivity contribution in [1.82, 2.24) is 0 Å². The third kappa shape index (κ3) is 3.51. The summed E-state index contributed by atoms with van der Waals surface area (Å²) in [5.41, 5.74) is 0. The van der Waals surface area contributed by atoms with Gasteiger partial charge < -0.3 is 5.11 Å². The molecule has 0 bridgehead atoms. The highest BCUT2D eigenvalue weighted by Gasteiger charge is 2.46. The number of hydrogen-bond acceptors (Lipinski definition) is 1. The predicted octanol–water partition coefficient (Wildman–Crippen LogP) is 4.49. The van der Waals surface area contributed by atoms with E-state index in [1.54, 1.807) is 0 Å². The van der Waals surface area contributed by atoms with Crippen LogP contribution in [0.4, 0.5) is 0 Å². The molecular weight excluding hydrogens is 255 g/mol. The van der Waals surface area contributed by atoms with Crippen molar-refractivity contribution < 1.29 is 5.11 Å². The molecule has 3 aliphatic rings. The zero-order valence-corrected chi connectivity index (χ0v) is 14.2. The maximum absolute atomic E-state index is 11.0. The third-order valence-corrected chi connectivity index (χ3v) is 7.22. The van der Waals surface area contributed by atoms with E-state index in [4.69, 9.17) is 0 Å². The monoisotopic (exact) mass is 290 g/mol. The van der Waals surface area contributed by atoms with Crippen LogP contribution in [0, 0.1) is 17.8 Å². The standard InChI is InChI=1S/C19H35BO/c20-19(13-6-1-2-7-14-19)18-16-11-5-3-4-9-15(16)10-8-12-17(18)21/h15-18,21H,1-14,20H2. The average Bonchev–Trinajstić information content (AvgIpc) is 2.86. The maximum Gasteiger partial charge on any atom is 0.109 e. The van der Waals surface area contributed by atoms with E-state index in [9.17, 15) is 5.11 Å². The van der Waals surface area contributed by atoms with Gasteiger partial charge in [0.15, 0.2) is 0 Å². The summed E-state index contributed by atoms with van der Waals surface area (Å²) in [6.07, 6.45) is 19.3. The third-order valence-electron chi connectivity index (χ3n) is 7.22. The minimum atomic E-state index is -0.0128. The van der Waals surface area contributed by atoms with E-state index >= 15 is 0 Å². The van der Waals surface area contributed by atoms with E-state index in [0.717, 1.165) is 18.3 Å². The van der Waals surface area contributed by atoms with Crippen molar-refractivity contribution in [2.45, 2.75) is 101 Å². The van der Waals surface area contributed by atoms with E-state index in [2.05, 4.69) is 7.85 Å². The molecule has 1 nitrogen and oxygen atoms in total. The molecule has 3 fully saturated rings. The summed E-state index contributed by atoms with van der Waals surface area (Å²) in [6.45, 7) is 0. The molecule has 0 amide bonds. The van der Waals surface area contributed by atoms with Crippen molar-refractivity contribution in [3.05, 3.63) is 0 Å². The van der Waals surface area contributed by atoms with Crippen molar-refractivity contribution in [1.29, 1.82) is 0 Å². The van der Waals surface area contributed by atoms with Gasteiger partial charge in [0.1, 0.15) is 7.85 Å². The van der Waals surface area contributed by atoms with Gasteiger partial charge in [-0.05, 0) is 30.6 Å². The van der Waals surface area contributed by atoms with Gasteiger partial charge in [0, 0.05) is 0 Å². The largest absolute Gasteiger partial charge is 0.393 e. The van der Waals surface area contributed by atoms with E-state index in [1.165, 1.54) is 83.5 Å². The number of rotatable bonds is 1. The highest BCUT2D eigenvalue weighted by molar-refractivity contribution is 6.15. The van der Waals surface area contributed by atoms with Gasteiger partial charge in [-0.1, -0.05) is 82.4 Å². The van der Waals surface area contributed by atoms with Crippen molar-refractivity contribution >= 4 is 7.85 Å². The van der Waals surface area contributed by atoms with E-state index in [1.807, 2.05) is 0 Å². The summed E-state index contributed by atoms with van der Waals surface area (Å²) in [7, 11) is 2.54. The molecule has 4 unspecified atom stereocenters. The van der Waals surface area contributed by atoms with Crippen molar-refractivity contribution in [2.75, 3.05) is 0 Å². The SMILES string of the molecule is BC1(C2C(O)CCCC3CCCCCC32)CCCCCC1. The molecule has 0 aromatic carbocycles. The average molecular weight is 290 g/mol. The van der Waals surface area contributed by atoms with Crippen LogP contribution in [0.3, 0.4) is 0 Å². The highest BCUT2D eigenvalue weighted by atomic mass is 16.3. The maximum atomic E-state index is 11.0. The van der Waals surface area contributed by atoms with Gasteiger partial charge in [0.2, 0.25) is 0 Å². The number of aliphatic hydroxyl groups excluding tert-OH is 1. The van der Waals surface area contributed by atoms with Crippen molar-refractivity contribution in [2.24, 2.45) is 17.8 Å². The molecule has 0 aromatic heterocycles. The van der Waals surface area contributed by atoms with E-state index in [0.29, 0.717) is 11.2 Å². The smallest absolute Gasteiger partial charge is 0.109 e. The number of aliphatic hydroxyl groups is 1. The van der Waals surface area contributed by atoms with Gasteiger partial charge in [-0.2, -0.15) is 0 Å². The minimum Gasteiger partial charge on any atom is -0.393 e. The second-order valence-corrected chi connectivity index (χ2v) is 8.65. The summed E-state index contributed by atoms with van der Waals surface area (Å²) < 4.78 is 0. The molecule has 4 atom stereocenters. The first-order valence-electron chi connectivity index (χ1n) is 9.89. The van der Waals surface area contributed by atoms with Gasteiger partial charge >= 0.3 is 0 Å². The van der Waals surface area contributed by atoms with Crippen molar-refractivity contribution in [3.63, 3.8) is 0 Å². The van der Waals surface area contributed by atoms with Crippen LogP contribution in [0.15, 0.2) is 0 Å². The summed E-state index contributed by atoms with van der Waals surface area (Å²) in [5.74, 6) is 2.35. The Morgan fingerprint density at radius 3 is 2.10 bits per heavy atom. The predicted molar refractivity (Wildman–Crippen MR) is 92.4 cm³/mol. The van der Waals surface area contributed by atoms with Crippen LogP contribution in [0.5, 0.6) is 0 Å². The van der Waals surface area contributed by atoms with E-state index in [-0.39, 0.29) is 6.10 Å². The molecule has 3 saturated carbocycles. The van der Waals surface area contributed by atoms with Crippen LogP contribution in [0.25, 0.3) is 0 Å². The zero-order valence-electron chi connectivity index (χ0n) is 14.2. The molecule has 120 valence electrons. The molecule has 2 heteroatoms. The fourth-order valence-electron chi connectivity index (χ4n) is 6.15. The fraction of sp³-hybridized carbons (Fsp3) is 1.00. The van der Waals surface area contributed by atoms with Crippen LogP contribution in [0.1, 0.15) is 89.9 Å². The van der Waals surface area contributed by atoms with Gasteiger partial charge in [0.25, 0.3) is 0 Å². The Kier molecular flexibility index (Phi) is 5.35. The molecular formula is C19H35BO. The van der Waals surface area contributed by atoms with Crippen LogP contribution < -0.4 is 0 Å². The molecule has 0 saturated heterocycles. The molecule has 0 spiro atoms. The molecule has 1 N–H and O–H groups in total. The minimum absolute atomic E-state index is 0.0128. The van der Waals surface area contributed by atoms with E-state index < -0.39 is 0 Å². The van der Waals surface area contributed by atoms with Crippen LogP contribution in [0.2, 0.25) is 5.31 Å². The Hall–Kier alpha value is 0.0249. The van der Waals surface area contributed by atoms with Crippen LogP contribution in [-0.4, -0.2) is 19.1 Å². The molecule has 3 rings (SSSR count). The molecule has 3 aliphatic carbocycles. The second kappa shape index (κ2) is 7.07. The first-order chi connectivity index (χ1) is 10.2. The van der Waals surface area contributed by atoms with Gasteiger partial charge in [-0.3, -0.25) is 0 Å². The fourth-order valence-corrected chi connectivity index (χ4v) is 6.15. The van der Waals surface area contributed by atoms with Crippen LogP contribution in [-0.2, 0) is 0 Å². The Morgan fingerprint density at radius 1 is 0.714 bits per heavy atom. The zero-order chi connectivity index (χ0) is 14.7. The Balaban J connectivity index is 1.86. The first kappa shape index (κ1) is 15.9. The van der Waals surface area contributed by atoms with Gasteiger partial charge in [-0.15, -0.1) is 0 Å². The summed E-state index contributed by atoms with van der Waals surface area (Å²) in [5, 5.41) is 11.4. The molecule has 21 heavy (non-hydrogen) atoms. The topological polar surface area (TPSA) is 20.2 Å². The molecule has 0 aromatic rings. The lowest BCUT2D eigenvalue weighted by molar-refractivity contribution is 0.0224. The normalized spacial score (nSPS) is 41.4. The molecule has 0 heterocycles. The quantitative estimate of drug-likeness (QED) is 0.557. The first-order valence-corrected chi connectivity index (χ1v) is 9.89. The number of hydrogen-bond donors (Lipinski definition) is 1. The Labute approximate surface area is 132 Å². The highest BCUT2D eigenvalue weighted by Crippen LogP contribution is 2.55. The Bertz CT molecular complexity index is 322. The summed E-state index contributed by atoms with van der Waals surface area (Å²) in [6, 6.07) is 0. The lowest BCUT2D eigenvalue weighted by atomic mass is 9.50.